The van der Waals surface area contributed by atoms with Crippen LogP contribution < -0.4 is 15.0 Å². The zero-order chi connectivity index (χ0) is 18.7. The monoisotopic (exact) mass is 366 g/mol. The van der Waals surface area contributed by atoms with Crippen molar-refractivity contribution in [1.82, 2.24) is 15.1 Å². The van der Waals surface area contributed by atoms with E-state index in [-0.39, 0.29) is 18.4 Å². The van der Waals surface area contributed by atoms with E-state index in [9.17, 15) is 9.59 Å². The van der Waals surface area contributed by atoms with Gasteiger partial charge in [-0.15, -0.1) is 0 Å². The summed E-state index contributed by atoms with van der Waals surface area (Å²) in [4.78, 5) is 27.3. The molecule has 0 radical (unpaired) electrons. The quantitative estimate of drug-likeness (QED) is 0.869. The molecule has 7 nitrogen and oxygen atoms in total. The number of anilines is 1. The average Bonchev–Trinajstić information content (AvgIpc) is 3.39. The maximum Gasteiger partial charge on any atom is 0.272 e. The van der Waals surface area contributed by atoms with Crippen LogP contribution in [-0.2, 0) is 24.7 Å². The zero-order valence-electron chi connectivity index (χ0n) is 15.4. The van der Waals surface area contributed by atoms with Crippen molar-refractivity contribution >= 4 is 17.5 Å². The molecule has 2 aliphatic carbocycles. The van der Waals surface area contributed by atoms with Gasteiger partial charge in [-0.2, -0.15) is 5.10 Å². The number of carbonyl (C=O) groups is 2. The summed E-state index contributed by atoms with van der Waals surface area (Å²) in [7, 11) is 3.59. The molecule has 1 aliphatic heterocycles. The van der Waals surface area contributed by atoms with Crippen molar-refractivity contribution in [3.63, 3.8) is 0 Å². The number of likely N-dealkylation sites (N-methyl/N-ethyl adjacent to an activating group) is 1. The standard InChI is InChI=1S/C20H22N4O3/c1-23-15-5-3-4-6-17(15)27-10-14(20(23)26)21-19(25)18-13-8-11-7-12(11)9-16(13)24(2)22-18/h3-6,11-12,14H,7-10H2,1-2H3,(H,21,25)/t11?,12?,14-/m0/s1. The van der Waals surface area contributed by atoms with E-state index in [1.165, 1.54) is 11.3 Å². The number of amides is 2. The van der Waals surface area contributed by atoms with E-state index in [0.717, 1.165) is 30.0 Å². The Labute approximate surface area is 157 Å². The molecule has 0 saturated heterocycles. The average molecular weight is 366 g/mol. The largest absolute Gasteiger partial charge is 0.489 e. The highest BCUT2D eigenvalue weighted by Crippen LogP contribution is 2.48. The number of carbonyl (C=O) groups excluding carboxylic acids is 2. The molecular weight excluding hydrogens is 344 g/mol. The Bertz CT molecular complexity index is 951. The highest BCUT2D eigenvalue weighted by atomic mass is 16.5. The first-order valence-electron chi connectivity index (χ1n) is 9.38. The van der Waals surface area contributed by atoms with Crippen LogP contribution in [0.15, 0.2) is 24.3 Å². The molecular formula is C20H22N4O3. The van der Waals surface area contributed by atoms with Crippen LogP contribution in [0.4, 0.5) is 5.69 Å². The number of benzene rings is 1. The number of nitrogens with zero attached hydrogens (tertiary/aromatic N) is 3. The summed E-state index contributed by atoms with van der Waals surface area (Å²) in [6.07, 6.45) is 3.16. The lowest BCUT2D eigenvalue weighted by Crippen LogP contribution is -2.49. The van der Waals surface area contributed by atoms with Crippen molar-refractivity contribution in [2.45, 2.75) is 25.3 Å². The third-order valence-electron chi connectivity index (χ3n) is 6.05. The summed E-state index contributed by atoms with van der Waals surface area (Å²) < 4.78 is 7.60. The molecule has 5 rings (SSSR count). The molecule has 1 N–H and O–H groups in total. The van der Waals surface area contributed by atoms with Crippen molar-refractivity contribution < 1.29 is 14.3 Å². The molecule has 2 aromatic rings. The normalized spacial score (nSPS) is 25.6. The summed E-state index contributed by atoms with van der Waals surface area (Å²) in [6, 6.07) is 6.63. The Kier molecular flexibility index (Phi) is 3.54. The Morgan fingerprint density at radius 1 is 1.22 bits per heavy atom. The third kappa shape index (κ3) is 2.60. The predicted molar refractivity (Wildman–Crippen MR) is 98.8 cm³/mol. The number of hydrogen-bond donors (Lipinski definition) is 1. The molecule has 2 heterocycles. The van der Waals surface area contributed by atoms with E-state index in [4.69, 9.17) is 4.74 Å². The lowest BCUT2D eigenvalue weighted by Gasteiger charge is -2.20. The van der Waals surface area contributed by atoms with Crippen LogP contribution in [-0.4, -0.2) is 41.3 Å². The first kappa shape index (κ1) is 16.4. The van der Waals surface area contributed by atoms with Gasteiger partial charge in [-0.1, -0.05) is 12.1 Å². The molecule has 3 atom stereocenters. The van der Waals surface area contributed by atoms with Crippen molar-refractivity contribution in [3.8, 4) is 5.75 Å². The number of rotatable bonds is 2. The van der Waals surface area contributed by atoms with Gasteiger partial charge in [0.15, 0.2) is 5.69 Å². The van der Waals surface area contributed by atoms with Gasteiger partial charge < -0.3 is 15.0 Å². The van der Waals surface area contributed by atoms with Gasteiger partial charge in [-0.25, -0.2) is 0 Å². The lowest BCUT2D eigenvalue weighted by atomic mass is 9.95. The van der Waals surface area contributed by atoms with Gasteiger partial charge in [0.25, 0.3) is 11.8 Å². The molecule has 2 amide bonds. The van der Waals surface area contributed by atoms with Crippen LogP contribution in [0.3, 0.4) is 0 Å². The Morgan fingerprint density at radius 3 is 2.85 bits per heavy atom. The molecule has 1 saturated carbocycles. The highest BCUT2D eigenvalue weighted by molar-refractivity contribution is 6.03. The maximum atomic E-state index is 12.9. The molecule has 27 heavy (non-hydrogen) atoms. The topological polar surface area (TPSA) is 76.5 Å². The summed E-state index contributed by atoms with van der Waals surface area (Å²) in [6.45, 7) is 0.103. The summed E-state index contributed by atoms with van der Waals surface area (Å²) in [5.74, 6) is 1.59. The molecule has 1 aromatic heterocycles. The number of nitrogens with one attached hydrogen (secondary N) is 1. The molecule has 1 aromatic carbocycles. The van der Waals surface area contributed by atoms with Crippen LogP contribution in [0.5, 0.6) is 5.75 Å². The third-order valence-corrected chi connectivity index (χ3v) is 6.05. The van der Waals surface area contributed by atoms with Crippen LogP contribution in [0.1, 0.15) is 28.2 Å². The van der Waals surface area contributed by atoms with E-state index < -0.39 is 6.04 Å². The first-order valence-corrected chi connectivity index (χ1v) is 9.38. The van der Waals surface area contributed by atoms with Crippen molar-refractivity contribution in [2.75, 3.05) is 18.6 Å². The van der Waals surface area contributed by atoms with Gasteiger partial charge in [0.1, 0.15) is 18.4 Å². The second-order valence-corrected chi connectivity index (χ2v) is 7.76. The van der Waals surface area contributed by atoms with E-state index in [2.05, 4.69) is 10.4 Å². The van der Waals surface area contributed by atoms with Crippen LogP contribution in [0.2, 0.25) is 0 Å². The number of aromatic nitrogens is 2. The minimum atomic E-state index is -0.746. The second kappa shape index (κ2) is 5.84. The van der Waals surface area contributed by atoms with Crippen molar-refractivity contribution in [2.24, 2.45) is 18.9 Å². The summed E-state index contributed by atoms with van der Waals surface area (Å²) in [5.41, 5.74) is 3.36. The fourth-order valence-electron chi connectivity index (χ4n) is 4.36. The second-order valence-electron chi connectivity index (χ2n) is 7.76. The van der Waals surface area contributed by atoms with Gasteiger partial charge in [0, 0.05) is 25.4 Å². The van der Waals surface area contributed by atoms with E-state index >= 15 is 0 Å². The van der Waals surface area contributed by atoms with E-state index in [1.807, 2.05) is 36.0 Å². The number of ether oxygens (including phenoxy) is 1. The fraction of sp³-hybridized carbons (Fsp3) is 0.450. The summed E-state index contributed by atoms with van der Waals surface area (Å²) >= 11 is 0. The van der Waals surface area contributed by atoms with Crippen LogP contribution >= 0.6 is 0 Å². The predicted octanol–water partition coefficient (Wildman–Crippen LogP) is 1.31. The van der Waals surface area contributed by atoms with Crippen molar-refractivity contribution in [1.29, 1.82) is 0 Å². The SMILES string of the molecule is CN1C(=O)[C@@H](NC(=O)c2nn(C)c3c2CC2CC2C3)COc2ccccc21. The fourth-order valence-corrected chi connectivity index (χ4v) is 4.36. The number of hydrogen-bond acceptors (Lipinski definition) is 4. The molecule has 1 fully saturated rings. The zero-order valence-corrected chi connectivity index (χ0v) is 15.4. The Hall–Kier alpha value is -2.83. The molecule has 2 unspecified atom stereocenters. The van der Waals surface area contributed by atoms with E-state index in [0.29, 0.717) is 23.0 Å². The Morgan fingerprint density at radius 2 is 2.00 bits per heavy atom. The van der Waals surface area contributed by atoms with E-state index in [1.54, 1.807) is 7.05 Å². The van der Waals surface area contributed by atoms with Gasteiger partial charge in [-0.05, 0) is 43.2 Å². The minimum Gasteiger partial charge on any atom is -0.489 e. The number of para-hydroxylation sites is 2. The smallest absolute Gasteiger partial charge is 0.272 e. The molecule has 0 bridgehead atoms. The maximum absolute atomic E-state index is 12.9. The summed E-state index contributed by atoms with van der Waals surface area (Å²) in [5, 5.41) is 7.31. The molecule has 0 spiro atoms. The highest BCUT2D eigenvalue weighted by Gasteiger charge is 2.44. The van der Waals surface area contributed by atoms with Crippen molar-refractivity contribution in [3.05, 3.63) is 41.2 Å². The van der Waals surface area contributed by atoms with Gasteiger partial charge in [0.05, 0.1) is 5.69 Å². The van der Waals surface area contributed by atoms with Gasteiger partial charge in [0.2, 0.25) is 0 Å². The number of fused-ring (bicyclic) bond motifs is 3. The van der Waals surface area contributed by atoms with Gasteiger partial charge >= 0.3 is 0 Å². The Balaban J connectivity index is 1.38. The van der Waals surface area contributed by atoms with Gasteiger partial charge in [-0.3, -0.25) is 14.3 Å². The molecule has 7 heteroatoms. The molecule has 140 valence electrons. The number of aryl methyl sites for hydroxylation is 1. The molecule has 3 aliphatic rings. The lowest BCUT2D eigenvalue weighted by molar-refractivity contribution is -0.120. The minimum absolute atomic E-state index is 0.103. The van der Waals surface area contributed by atoms with Crippen LogP contribution in [0.25, 0.3) is 0 Å². The van der Waals surface area contributed by atoms with Crippen LogP contribution in [0, 0.1) is 11.8 Å². The first-order chi connectivity index (χ1) is 13.0.